The number of carbonyl (C=O) groups excluding carboxylic acids is 1. The molecule has 0 bridgehead atoms. The average molecular weight is 522 g/mol. The molecule has 0 radical (unpaired) electrons. The summed E-state index contributed by atoms with van der Waals surface area (Å²) in [7, 11) is -4.18. The normalized spacial score (nSPS) is 23.2. The Kier molecular flexibility index (Phi) is 8.45. The summed E-state index contributed by atoms with van der Waals surface area (Å²) < 4.78 is 72.6. The van der Waals surface area contributed by atoms with E-state index in [4.69, 9.17) is 14.6 Å². The number of ether oxygens (including phenoxy) is 1. The zero-order valence-corrected chi connectivity index (χ0v) is 20.2. The van der Waals surface area contributed by atoms with Crippen LogP contribution >= 0.6 is 0 Å². The van der Waals surface area contributed by atoms with Crippen LogP contribution in [0, 0.1) is 5.92 Å². The summed E-state index contributed by atoms with van der Waals surface area (Å²) in [5, 5.41) is 6.89. The highest BCUT2D eigenvalue weighted by molar-refractivity contribution is 7.92. The van der Waals surface area contributed by atoms with Gasteiger partial charge in [-0.25, -0.2) is 0 Å². The molecule has 35 heavy (non-hydrogen) atoms. The number of piperidine rings is 1. The molecule has 1 aromatic carbocycles. The van der Waals surface area contributed by atoms with E-state index in [0.29, 0.717) is 36.2 Å². The zero-order chi connectivity index (χ0) is 25.9. The number of likely N-dealkylation sites (tertiary alicyclic amines) is 1. The number of benzene rings is 1. The highest BCUT2D eigenvalue weighted by Crippen LogP contribution is 2.43. The molecule has 3 fully saturated rings. The maximum Gasteiger partial charge on any atom is 0.416 e. The molecule has 0 atom stereocenters. The number of nitrogens with zero attached hydrogens (tertiary/aromatic N) is 3. The highest BCUT2D eigenvalue weighted by atomic mass is 32.2. The molecule has 0 unspecified atom stereocenters. The van der Waals surface area contributed by atoms with Gasteiger partial charge in [-0.05, 0) is 55.9 Å². The van der Waals surface area contributed by atoms with Gasteiger partial charge in [-0.2, -0.15) is 30.2 Å². The first-order valence-corrected chi connectivity index (χ1v) is 12.8. The van der Waals surface area contributed by atoms with Crippen molar-refractivity contribution >= 4 is 28.3 Å². The fourth-order valence-corrected chi connectivity index (χ4v) is 7.08. The molecule has 13 heteroatoms. The number of carbonyl (C=O) groups is 2. The summed E-state index contributed by atoms with van der Waals surface area (Å²) in [6, 6.07) is 3.70. The van der Waals surface area contributed by atoms with E-state index in [1.54, 1.807) is 6.92 Å². The van der Waals surface area contributed by atoms with Crippen molar-refractivity contribution in [1.82, 2.24) is 9.21 Å². The second-order valence-corrected chi connectivity index (χ2v) is 10.5. The van der Waals surface area contributed by atoms with Crippen LogP contribution in [0.2, 0.25) is 0 Å². The molecule has 0 saturated carbocycles. The second kappa shape index (κ2) is 10.8. The first kappa shape index (κ1) is 27.4. The molecule has 9 nitrogen and oxygen atoms in total. The van der Waals surface area contributed by atoms with Crippen molar-refractivity contribution < 1.29 is 41.0 Å². The lowest BCUT2D eigenvalue weighted by Crippen LogP contribution is -2.57. The second-order valence-electron chi connectivity index (χ2n) is 8.78. The van der Waals surface area contributed by atoms with Gasteiger partial charge >= 0.3 is 16.4 Å². The van der Waals surface area contributed by atoms with Crippen LogP contribution in [0.4, 0.5) is 18.9 Å². The lowest BCUT2D eigenvalue weighted by Gasteiger charge is -2.42. The number of amides is 1. The minimum absolute atomic E-state index is 0.0667. The SMILES string of the molecule is CCN1C2(CCN(CC3CCOCC3)CC2)C(=O)N(c2ccc(C(F)(F)F)cc2)S1(=O)=O.O=CO. The van der Waals surface area contributed by atoms with E-state index in [9.17, 15) is 26.4 Å². The minimum Gasteiger partial charge on any atom is -0.483 e. The van der Waals surface area contributed by atoms with Crippen LogP contribution < -0.4 is 4.31 Å². The van der Waals surface area contributed by atoms with E-state index in [1.165, 1.54) is 4.31 Å². The van der Waals surface area contributed by atoms with Gasteiger partial charge in [-0.1, -0.05) is 6.92 Å². The molecule has 1 aromatic rings. The Morgan fingerprint density at radius 1 is 1.14 bits per heavy atom. The summed E-state index contributed by atoms with van der Waals surface area (Å²) in [5.74, 6) is -0.0449. The Bertz CT molecular complexity index is 989. The maximum atomic E-state index is 13.5. The van der Waals surface area contributed by atoms with Crippen LogP contribution in [0.5, 0.6) is 0 Å². The molecule has 4 rings (SSSR count). The number of hydrogen-bond donors (Lipinski definition) is 1. The lowest BCUT2D eigenvalue weighted by molar-refractivity contribution is -0.137. The third kappa shape index (κ3) is 5.47. The van der Waals surface area contributed by atoms with Crippen molar-refractivity contribution in [2.75, 3.05) is 43.7 Å². The predicted molar refractivity (Wildman–Crippen MR) is 121 cm³/mol. The van der Waals surface area contributed by atoms with E-state index in [1.807, 2.05) is 0 Å². The Labute approximate surface area is 202 Å². The van der Waals surface area contributed by atoms with Gasteiger partial charge in [0.2, 0.25) is 0 Å². The Morgan fingerprint density at radius 2 is 1.69 bits per heavy atom. The quantitative estimate of drug-likeness (QED) is 0.607. The van der Waals surface area contributed by atoms with E-state index in [2.05, 4.69) is 4.90 Å². The fourth-order valence-electron chi connectivity index (χ4n) is 5.08. The van der Waals surface area contributed by atoms with Crippen molar-refractivity contribution in [3.63, 3.8) is 0 Å². The topological polar surface area (TPSA) is 107 Å². The van der Waals surface area contributed by atoms with Crippen molar-refractivity contribution in [1.29, 1.82) is 0 Å². The number of anilines is 1. The Balaban J connectivity index is 0.00000108. The molecule has 3 aliphatic rings. The van der Waals surface area contributed by atoms with Crippen LogP contribution in [0.3, 0.4) is 0 Å². The van der Waals surface area contributed by atoms with Gasteiger partial charge in [0, 0.05) is 39.4 Å². The third-order valence-electron chi connectivity index (χ3n) is 6.83. The smallest absolute Gasteiger partial charge is 0.416 e. The van der Waals surface area contributed by atoms with Crippen LogP contribution in [0.15, 0.2) is 24.3 Å². The van der Waals surface area contributed by atoms with Crippen LogP contribution in [0.25, 0.3) is 0 Å². The minimum atomic E-state index is -4.54. The number of carboxylic acid groups (broad SMARTS) is 1. The molecule has 196 valence electrons. The van der Waals surface area contributed by atoms with Gasteiger partial charge in [0.15, 0.2) is 0 Å². The van der Waals surface area contributed by atoms with E-state index in [0.717, 1.165) is 56.9 Å². The standard InChI is InChI=1S/C21H28F3N3O4S.CH2O2/c1-2-26-20(9-11-25(12-10-20)15-16-7-13-31-14-8-16)19(28)27(32(26,29)30)18-5-3-17(4-6-18)21(22,23)24;2-1-3/h3-6,16H,2,7-15H2,1H3;1H,(H,2,3). The highest BCUT2D eigenvalue weighted by Gasteiger charge is 2.61. The van der Waals surface area contributed by atoms with Gasteiger partial charge in [0.25, 0.3) is 12.4 Å². The Hall–Kier alpha value is -2.22. The first-order valence-electron chi connectivity index (χ1n) is 11.4. The zero-order valence-electron chi connectivity index (χ0n) is 19.4. The molecular formula is C22H30F3N3O6S. The van der Waals surface area contributed by atoms with E-state index in [-0.39, 0.29) is 18.7 Å². The molecule has 3 aliphatic heterocycles. The van der Waals surface area contributed by atoms with Crippen LogP contribution in [-0.4, -0.2) is 80.0 Å². The van der Waals surface area contributed by atoms with Crippen molar-refractivity contribution in [2.45, 2.75) is 44.3 Å². The third-order valence-corrected chi connectivity index (χ3v) is 8.83. The Morgan fingerprint density at radius 3 is 2.17 bits per heavy atom. The van der Waals surface area contributed by atoms with Crippen LogP contribution in [-0.2, 0) is 30.7 Å². The van der Waals surface area contributed by atoms with Gasteiger partial charge in [0.05, 0.1) is 11.3 Å². The summed E-state index contributed by atoms with van der Waals surface area (Å²) in [6.07, 6.45) is -1.83. The average Bonchev–Trinajstić information content (AvgIpc) is 2.97. The van der Waals surface area contributed by atoms with Gasteiger partial charge in [-0.3, -0.25) is 9.59 Å². The summed E-state index contributed by atoms with van der Waals surface area (Å²) in [4.78, 5) is 24.1. The lowest BCUT2D eigenvalue weighted by atomic mass is 9.85. The largest absolute Gasteiger partial charge is 0.483 e. The molecule has 0 aromatic heterocycles. The number of hydrogen-bond acceptors (Lipinski definition) is 6. The molecule has 0 aliphatic carbocycles. The first-order chi connectivity index (χ1) is 16.5. The van der Waals surface area contributed by atoms with Gasteiger partial charge < -0.3 is 14.7 Å². The molecular weight excluding hydrogens is 491 g/mol. The predicted octanol–water partition coefficient (Wildman–Crippen LogP) is 2.58. The summed E-state index contributed by atoms with van der Waals surface area (Å²) in [5.41, 5.74) is -2.15. The van der Waals surface area contributed by atoms with E-state index >= 15 is 0 Å². The molecule has 1 spiro atoms. The maximum absolute atomic E-state index is 13.5. The van der Waals surface area contributed by atoms with Crippen molar-refractivity contribution in [2.24, 2.45) is 5.92 Å². The van der Waals surface area contributed by atoms with Crippen molar-refractivity contribution in [3.8, 4) is 0 Å². The number of rotatable bonds is 4. The van der Waals surface area contributed by atoms with Gasteiger partial charge in [-0.15, -0.1) is 0 Å². The molecule has 3 saturated heterocycles. The van der Waals surface area contributed by atoms with Gasteiger partial charge in [0.1, 0.15) is 5.54 Å². The monoisotopic (exact) mass is 521 g/mol. The molecule has 1 amide bonds. The van der Waals surface area contributed by atoms with Crippen LogP contribution in [0.1, 0.15) is 38.2 Å². The number of halogens is 3. The van der Waals surface area contributed by atoms with E-state index < -0.39 is 33.4 Å². The number of likely N-dealkylation sites (N-methyl/N-ethyl adjacent to an activating group) is 1. The fraction of sp³-hybridized carbons (Fsp3) is 0.636. The summed E-state index contributed by atoms with van der Waals surface area (Å²) in [6.45, 7) is 5.14. The van der Waals surface area contributed by atoms with Crippen molar-refractivity contribution in [3.05, 3.63) is 29.8 Å². The molecule has 1 N–H and O–H groups in total. The molecule has 3 heterocycles. The summed E-state index contributed by atoms with van der Waals surface area (Å²) >= 11 is 0. The number of alkyl halides is 3.